The van der Waals surface area contributed by atoms with Crippen molar-refractivity contribution >= 4 is 28.8 Å². The summed E-state index contributed by atoms with van der Waals surface area (Å²) in [6.07, 6.45) is -1.11. The number of morpholine rings is 1. The molecule has 2 amide bonds. The molecule has 1 saturated heterocycles. The number of hydrogen-bond acceptors (Lipinski definition) is 11. The molecule has 12 nitrogen and oxygen atoms in total. The predicted octanol–water partition coefficient (Wildman–Crippen LogP) is 2.12. The van der Waals surface area contributed by atoms with Crippen LogP contribution < -0.4 is 10.1 Å². The van der Waals surface area contributed by atoms with Crippen LogP contribution in [0, 0.1) is 0 Å². The van der Waals surface area contributed by atoms with E-state index in [1.165, 1.54) is 6.07 Å². The predicted molar refractivity (Wildman–Crippen MR) is 146 cm³/mol. The molecule has 2 aromatic heterocycles. The molecular weight excluding hydrogens is 536 g/mol. The van der Waals surface area contributed by atoms with Gasteiger partial charge in [0.2, 0.25) is 10.9 Å². The highest BCUT2D eigenvalue weighted by atomic mass is 32.1. The zero-order valence-electron chi connectivity index (χ0n) is 21.3. The van der Waals surface area contributed by atoms with Crippen LogP contribution in [0.3, 0.4) is 0 Å². The van der Waals surface area contributed by atoms with E-state index < -0.39 is 18.6 Å². The van der Waals surface area contributed by atoms with Gasteiger partial charge in [-0.15, -0.1) is 10.2 Å². The topological polar surface area (TPSA) is 160 Å². The first-order chi connectivity index (χ1) is 19.5. The zero-order chi connectivity index (χ0) is 27.9. The van der Waals surface area contributed by atoms with Crippen LogP contribution in [0.15, 0.2) is 60.7 Å². The molecule has 4 aromatic rings. The molecule has 206 valence electrons. The smallest absolute Gasteiger partial charge is 0.285 e. The van der Waals surface area contributed by atoms with Crippen LogP contribution in [0.25, 0.3) is 22.0 Å². The third-order valence-corrected chi connectivity index (χ3v) is 6.86. The molecule has 2 aromatic carbocycles. The molecule has 1 fully saturated rings. The lowest BCUT2D eigenvalue weighted by Gasteiger charge is -2.25. The average Bonchev–Trinajstić information content (AvgIpc) is 3.50. The van der Waals surface area contributed by atoms with Gasteiger partial charge in [-0.3, -0.25) is 9.59 Å². The number of carbonyl (C=O) groups is 2. The van der Waals surface area contributed by atoms with E-state index >= 15 is 0 Å². The van der Waals surface area contributed by atoms with Crippen molar-refractivity contribution in [3.8, 4) is 27.8 Å². The Hall–Kier alpha value is -4.30. The standard InChI is InChI=1S/C27H26N6O6S/c34-15-18(35)16-39-22-14-21(28-23(30-22)17-6-2-1-3-7-17)24(36)29-20-9-5-4-8-19(20)25-31-32-26(40-25)27(37)33-10-12-38-13-11-33/h1-9,14,18,34-35H,10-13,15-16H2,(H,29,36). The van der Waals surface area contributed by atoms with Gasteiger partial charge in [0.1, 0.15) is 23.4 Å². The van der Waals surface area contributed by atoms with E-state index in [2.05, 4.69) is 25.5 Å². The van der Waals surface area contributed by atoms with Gasteiger partial charge in [-0.1, -0.05) is 53.8 Å². The number of carbonyl (C=O) groups excluding carboxylic acids is 2. The molecule has 1 unspecified atom stereocenters. The fraction of sp³-hybridized carbons (Fsp3) is 0.259. The fourth-order valence-electron chi connectivity index (χ4n) is 3.85. The maximum atomic E-state index is 13.4. The maximum Gasteiger partial charge on any atom is 0.285 e. The summed E-state index contributed by atoms with van der Waals surface area (Å²) in [6, 6.07) is 17.5. The summed E-state index contributed by atoms with van der Waals surface area (Å²) in [6.45, 7) is 1.26. The summed E-state index contributed by atoms with van der Waals surface area (Å²) < 4.78 is 10.8. The number of hydrogen-bond donors (Lipinski definition) is 3. The van der Waals surface area contributed by atoms with Crippen molar-refractivity contribution in [2.24, 2.45) is 0 Å². The van der Waals surface area contributed by atoms with Crippen LogP contribution in [0.5, 0.6) is 5.88 Å². The summed E-state index contributed by atoms with van der Waals surface area (Å²) in [5.41, 5.74) is 1.73. The van der Waals surface area contributed by atoms with Gasteiger partial charge in [0, 0.05) is 30.3 Å². The summed E-state index contributed by atoms with van der Waals surface area (Å²) in [7, 11) is 0. The second-order valence-corrected chi connectivity index (χ2v) is 9.72. The van der Waals surface area contributed by atoms with E-state index in [0.29, 0.717) is 48.1 Å². The van der Waals surface area contributed by atoms with Gasteiger partial charge in [-0.25, -0.2) is 4.98 Å². The number of rotatable bonds is 9. The van der Waals surface area contributed by atoms with E-state index in [9.17, 15) is 14.7 Å². The van der Waals surface area contributed by atoms with E-state index in [1.807, 2.05) is 18.2 Å². The third-order valence-electron chi connectivity index (χ3n) is 5.91. The Labute approximate surface area is 233 Å². The molecule has 3 heterocycles. The molecule has 1 aliphatic heterocycles. The summed E-state index contributed by atoms with van der Waals surface area (Å²) in [5.74, 6) is -0.420. The Morgan fingerprint density at radius 3 is 2.58 bits per heavy atom. The molecule has 40 heavy (non-hydrogen) atoms. The second kappa shape index (κ2) is 12.7. The van der Waals surface area contributed by atoms with Crippen molar-refractivity contribution in [2.45, 2.75) is 6.10 Å². The lowest BCUT2D eigenvalue weighted by Crippen LogP contribution is -2.40. The zero-order valence-corrected chi connectivity index (χ0v) is 22.1. The van der Waals surface area contributed by atoms with Crippen molar-refractivity contribution in [3.63, 3.8) is 0 Å². The van der Waals surface area contributed by atoms with Gasteiger partial charge in [0.05, 0.1) is 25.5 Å². The number of aliphatic hydroxyl groups is 2. The average molecular weight is 563 g/mol. The molecule has 5 rings (SSSR count). The number of anilines is 1. The highest BCUT2D eigenvalue weighted by Gasteiger charge is 2.24. The first-order valence-electron chi connectivity index (χ1n) is 12.5. The van der Waals surface area contributed by atoms with E-state index in [1.54, 1.807) is 41.3 Å². The van der Waals surface area contributed by atoms with Gasteiger partial charge >= 0.3 is 0 Å². The van der Waals surface area contributed by atoms with Crippen molar-refractivity contribution in [2.75, 3.05) is 44.8 Å². The second-order valence-electron chi connectivity index (χ2n) is 8.75. The molecule has 1 atom stereocenters. The molecule has 0 aliphatic carbocycles. The first kappa shape index (κ1) is 27.3. The Morgan fingerprint density at radius 2 is 1.80 bits per heavy atom. The molecule has 0 bridgehead atoms. The van der Waals surface area contributed by atoms with Crippen LogP contribution in [0.2, 0.25) is 0 Å². The van der Waals surface area contributed by atoms with Crippen molar-refractivity contribution in [1.29, 1.82) is 0 Å². The maximum absolute atomic E-state index is 13.4. The number of aliphatic hydroxyl groups excluding tert-OH is 2. The number of ether oxygens (including phenoxy) is 2. The summed E-state index contributed by atoms with van der Waals surface area (Å²) >= 11 is 1.14. The quantitative estimate of drug-likeness (QED) is 0.276. The van der Waals surface area contributed by atoms with E-state index in [-0.39, 0.29) is 34.9 Å². The summed E-state index contributed by atoms with van der Waals surface area (Å²) in [5, 5.41) is 30.7. The number of nitrogens with zero attached hydrogens (tertiary/aromatic N) is 5. The molecular formula is C27H26N6O6S. The third kappa shape index (κ3) is 6.46. The number of para-hydroxylation sites is 1. The Morgan fingerprint density at radius 1 is 1.05 bits per heavy atom. The van der Waals surface area contributed by atoms with Crippen LogP contribution in [0.1, 0.15) is 20.3 Å². The minimum absolute atomic E-state index is 0.0255. The molecule has 0 saturated carbocycles. The molecule has 13 heteroatoms. The number of nitrogens with one attached hydrogen (secondary N) is 1. The monoisotopic (exact) mass is 562 g/mol. The molecule has 3 N–H and O–H groups in total. The molecule has 0 radical (unpaired) electrons. The van der Waals surface area contributed by atoms with Gasteiger partial charge in [0.25, 0.3) is 11.8 Å². The first-order valence-corrected chi connectivity index (χ1v) is 13.3. The van der Waals surface area contributed by atoms with Crippen molar-refractivity contribution < 1.29 is 29.3 Å². The van der Waals surface area contributed by atoms with Crippen LogP contribution >= 0.6 is 11.3 Å². The minimum atomic E-state index is -1.11. The van der Waals surface area contributed by atoms with E-state index in [4.69, 9.17) is 14.6 Å². The number of amides is 2. The normalized spacial score (nSPS) is 14.0. The van der Waals surface area contributed by atoms with Gasteiger partial charge < -0.3 is 29.9 Å². The number of aromatic nitrogens is 4. The number of benzene rings is 2. The largest absolute Gasteiger partial charge is 0.475 e. The lowest BCUT2D eigenvalue weighted by atomic mass is 10.2. The summed E-state index contributed by atoms with van der Waals surface area (Å²) in [4.78, 5) is 36.7. The Kier molecular flexibility index (Phi) is 8.66. The Bertz CT molecular complexity index is 1480. The van der Waals surface area contributed by atoms with Crippen LogP contribution in [-0.2, 0) is 4.74 Å². The van der Waals surface area contributed by atoms with Gasteiger partial charge in [-0.05, 0) is 12.1 Å². The van der Waals surface area contributed by atoms with Crippen LogP contribution in [-0.4, -0.2) is 92.7 Å². The highest BCUT2D eigenvalue weighted by Crippen LogP contribution is 2.31. The molecule has 0 spiro atoms. The fourth-order valence-corrected chi connectivity index (χ4v) is 4.70. The van der Waals surface area contributed by atoms with Gasteiger partial charge in [0.15, 0.2) is 5.82 Å². The highest BCUT2D eigenvalue weighted by molar-refractivity contribution is 7.16. The minimum Gasteiger partial charge on any atom is -0.475 e. The SMILES string of the molecule is O=C(Nc1ccccc1-c1nnc(C(=O)N2CCOCC2)s1)c1cc(OCC(O)CO)nc(-c2ccccc2)n1. The van der Waals surface area contributed by atoms with Crippen molar-refractivity contribution in [3.05, 3.63) is 71.4 Å². The Balaban J connectivity index is 1.40. The van der Waals surface area contributed by atoms with Crippen LogP contribution in [0.4, 0.5) is 5.69 Å². The lowest BCUT2D eigenvalue weighted by molar-refractivity contribution is 0.0302. The van der Waals surface area contributed by atoms with E-state index in [0.717, 1.165) is 11.3 Å². The van der Waals surface area contributed by atoms with Crippen molar-refractivity contribution in [1.82, 2.24) is 25.1 Å². The van der Waals surface area contributed by atoms with Gasteiger partial charge in [-0.2, -0.15) is 4.98 Å². The molecule has 1 aliphatic rings.